The number of amides is 2. The van der Waals surface area contributed by atoms with Gasteiger partial charge in [-0.3, -0.25) is 14.5 Å². The smallest absolute Gasteiger partial charge is 0.273 e. The van der Waals surface area contributed by atoms with Gasteiger partial charge in [0.1, 0.15) is 0 Å². The fourth-order valence-corrected chi connectivity index (χ4v) is 6.06. The van der Waals surface area contributed by atoms with Crippen molar-refractivity contribution in [2.24, 2.45) is 0 Å². The molecular weight excluding hydrogens is 404 g/mol. The summed E-state index contributed by atoms with van der Waals surface area (Å²) in [7, 11) is -3.57. The predicted octanol–water partition coefficient (Wildman–Crippen LogP) is 2.30. The molecule has 0 unspecified atom stereocenters. The molecule has 2 aliphatic heterocycles. The Morgan fingerprint density at radius 1 is 1.13 bits per heavy atom. The first-order chi connectivity index (χ1) is 10.9. The van der Waals surface area contributed by atoms with E-state index in [-0.39, 0.29) is 27.8 Å². The molecule has 2 aliphatic rings. The van der Waals surface area contributed by atoms with E-state index in [9.17, 15) is 18.0 Å². The molecule has 2 saturated heterocycles. The van der Waals surface area contributed by atoms with Gasteiger partial charge >= 0.3 is 0 Å². The molecule has 2 amide bonds. The third-order valence-corrected chi connectivity index (χ3v) is 7.77. The van der Waals surface area contributed by atoms with Crippen molar-refractivity contribution in [1.82, 2.24) is 9.21 Å². The maximum absolute atomic E-state index is 12.7. The SMILES string of the molecule is O=C1CSC(=O)N1C1CCN(S(=O)(=O)c2ccccc2Br)CC1. The van der Waals surface area contributed by atoms with E-state index in [1.54, 1.807) is 24.3 Å². The second-order valence-electron chi connectivity index (χ2n) is 5.38. The topological polar surface area (TPSA) is 74.8 Å². The van der Waals surface area contributed by atoms with Crippen LogP contribution >= 0.6 is 27.7 Å². The number of hydrogen-bond acceptors (Lipinski definition) is 5. The van der Waals surface area contributed by atoms with E-state index in [1.165, 1.54) is 9.21 Å². The first kappa shape index (κ1) is 16.9. The van der Waals surface area contributed by atoms with Crippen LogP contribution in [0.1, 0.15) is 12.8 Å². The minimum absolute atomic E-state index is 0.174. The maximum Gasteiger partial charge on any atom is 0.289 e. The number of nitrogens with zero attached hydrogens (tertiary/aromatic N) is 2. The third-order valence-electron chi connectivity index (χ3n) is 4.03. The molecule has 0 N–H and O–H groups in total. The van der Waals surface area contributed by atoms with Crippen molar-refractivity contribution < 1.29 is 18.0 Å². The highest BCUT2D eigenvalue weighted by Crippen LogP contribution is 2.30. The Kier molecular flexibility index (Phi) is 4.82. The van der Waals surface area contributed by atoms with Gasteiger partial charge in [0.25, 0.3) is 5.24 Å². The van der Waals surface area contributed by atoms with Crippen molar-refractivity contribution in [3.05, 3.63) is 28.7 Å². The Hall–Kier alpha value is -0.900. The Bertz CT molecular complexity index is 729. The quantitative estimate of drug-likeness (QED) is 0.752. The first-order valence-corrected chi connectivity index (χ1v) is 10.4. The second-order valence-corrected chi connectivity index (χ2v) is 9.07. The molecule has 0 aromatic heterocycles. The van der Waals surface area contributed by atoms with Gasteiger partial charge in [-0.05, 0) is 40.9 Å². The number of piperidine rings is 1. The van der Waals surface area contributed by atoms with Crippen LogP contribution in [0, 0.1) is 0 Å². The lowest BCUT2D eigenvalue weighted by molar-refractivity contribution is -0.126. The normalized spacial score (nSPS) is 21.2. The van der Waals surface area contributed by atoms with Gasteiger partial charge < -0.3 is 0 Å². The van der Waals surface area contributed by atoms with Crippen molar-refractivity contribution in [3.8, 4) is 0 Å². The van der Waals surface area contributed by atoms with E-state index in [0.717, 1.165) is 11.8 Å². The lowest BCUT2D eigenvalue weighted by atomic mass is 10.1. The van der Waals surface area contributed by atoms with Crippen LogP contribution in [-0.2, 0) is 14.8 Å². The molecule has 1 aromatic rings. The van der Waals surface area contributed by atoms with Gasteiger partial charge in [0, 0.05) is 23.6 Å². The highest BCUT2D eigenvalue weighted by Gasteiger charge is 2.39. The summed E-state index contributed by atoms with van der Waals surface area (Å²) in [6.07, 6.45) is 0.948. The third kappa shape index (κ3) is 3.19. The molecular formula is C14H15BrN2O4S2. The van der Waals surface area contributed by atoms with Crippen LogP contribution in [0.5, 0.6) is 0 Å². The van der Waals surface area contributed by atoms with Crippen LogP contribution in [0.3, 0.4) is 0 Å². The van der Waals surface area contributed by atoms with E-state index >= 15 is 0 Å². The van der Waals surface area contributed by atoms with Crippen molar-refractivity contribution in [2.75, 3.05) is 18.8 Å². The molecule has 2 heterocycles. The minimum Gasteiger partial charge on any atom is -0.273 e. The Morgan fingerprint density at radius 3 is 2.35 bits per heavy atom. The molecule has 0 saturated carbocycles. The Balaban J connectivity index is 1.73. The summed E-state index contributed by atoms with van der Waals surface area (Å²) < 4.78 is 27.4. The lowest BCUT2D eigenvalue weighted by Gasteiger charge is -2.34. The molecule has 23 heavy (non-hydrogen) atoms. The molecule has 2 fully saturated rings. The zero-order valence-electron chi connectivity index (χ0n) is 12.1. The molecule has 0 bridgehead atoms. The van der Waals surface area contributed by atoms with Crippen LogP contribution < -0.4 is 0 Å². The number of thioether (sulfide) groups is 1. The zero-order chi connectivity index (χ0) is 16.6. The summed E-state index contributed by atoms with van der Waals surface area (Å²) in [5, 5.41) is -0.220. The van der Waals surface area contributed by atoms with Gasteiger partial charge in [-0.15, -0.1) is 0 Å². The lowest BCUT2D eigenvalue weighted by Crippen LogP contribution is -2.48. The van der Waals surface area contributed by atoms with Gasteiger partial charge in [-0.1, -0.05) is 23.9 Å². The number of hydrogen-bond donors (Lipinski definition) is 0. The fraction of sp³-hybridized carbons (Fsp3) is 0.429. The van der Waals surface area contributed by atoms with E-state index < -0.39 is 10.0 Å². The highest BCUT2D eigenvalue weighted by atomic mass is 79.9. The number of sulfonamides is 1. The molecule has 9 heteroatoms. The summed E-state index contributed by atoms with van der Waals surface area (Å²) in [5.74, 6) is 0.0148. The average Bonchev–Trinajstić information content (AvgIpc) is 2.86. The van der Waals surface area contributed by atoms with Gasteiger partial charge in [0.05, 0.1) is 10.6 Å². The van der Waals surface area contributed by atoms with Crippen LogP contribution in [0.25, 0.3) is 0 Å². The van der Waals surface area contributed by atoms with Gasteiger partial charge in [-0.25, -0.2) is 8.42 Å². The van der Waals surface area contributed by atoms with Crippen LogP contribution in [0.4, 0.5) is 4.79 Å². The fourth-order valence-electron chi connectivity index (χ4n) is 2.85. The van der Waals surface area contributed by atoms with Crippen molar-refractivity contribution in [3.63, 3.8) is 0 Å². The number of rotatable bonds is 3. The van der Waals surface area contributed by atoms with Gasteiger partial charge in [0.2, 0.25) is 15.9 Å². The van der Waals surface area contributed by atoms with E-state index in [4.69, 9.17) is 0 Å². The first-order valence-electron chi connectivity index (χ1n) is 7.15. The minimum atomic E-state index is -3.57. The van der Waals surface area contributed by atoms with Gasteiger partial charge in [-0.2, -0.15) is 4.31 Å². The Morgan fingerprint density at radius 2 is 1.78 bits per heavy atom. The maximum atomic E-state index is 12.7. The summed E-state index contributed by atoms with van der Waals surface area (Å²) in [6.45, 7) is 0.603. The average molecular weight is 419 g/mol. The summed E-state index contributed by atoms with van der Waals surface area (Å²) in [6, 6.07) is 6.50. The van der Waals surface area contributed by atoms with Crippen molar-refractivity contribution in [1.29, 1.82) is 0 Å². The molecule has 6 nitrogen and oxygen atoms in total. The van der Waals surface area contributed by atoms with Crippen molar-refractivity contribution >= 4 is 48.9 Å². The van der Waals surface area contributed by atoms with Crippen LogP contribution in [0.15, 0.2) is 33.6 Å². The van der Waals surface area contributed by atoms with Crippen molar-refractivity contribution in [2.45, 2.75) is 23.8 Å². The highest BCUT2D eigenvalue weighted by molar-refractivity contribution is 9.10. The van der Waals surface area contributed by atoms with E-state index in [2.05, 4.69) is 15.9 Å². The molecule has 124 valence electrons. The molecule has 0 atom stereocenters. The standard InChI is InChI=1S/C14H15BrN2O4S2/c15-11-3-1-2-4-12(11)23(20,21)16-7-5-10(6-8-16)17-13(18)9-22-14(17)19/h1-4,10H,5-9H2. The predicted molar refractivity (Wildman–Crippen MR) is 90.6 cm³/mol. The van der Waals surface area contributed by atoms with E-state index in [1.807, 2.05) is 0 Å². The van der Waals surface area contributed by atoms with Crippen LogP contribution in [-0.4, -0.2) is 53.7 Å². The molecule has 0 aliphatic carbocycles. The second kappa shape index (κ2) is 6.54. The Labute approximate surface area is 147 Å². The van der Waals surface area contributed by atoms with Gasteiger partial charge in [0.15, 0.2) is 0 Å². The molecule has 0 radical (unpaired) electrons. The molecule has 1 aromatic carbocycles. The summed E-state index contributed by atoms with van der Waals surface area (Å²) >= 11 is 4.29. The molecule has 3 rings (SSSR count). The zero-order valence-corrected chi connectivity index (χ0v) is 15.4. The summed E-state index contributed by atoms with van der Waals surface area (Å²) in [4.78, 5) is 25.1. The summed E-state index contributed by atoms with van der Waals surface area (Å²) in [5.41, 5.74) is 0. The number of carbonyl (C=O) groups is 2. The monoisotopic (exact) mass is 418 g/mol. The number of imide groups is 1. The van der Waals surface area contributed by atoms with E-state index in [0.29, 0.717) is 30.4 Å². The molecule has 0 spiro atoms. The number of carbonyl (C=O) groups excluding carboxylic acids is 2. The largest absolute Gasteiger partial charge is 0.289 e. The number of benzene rings is 1. The van der Waals surface area contributed by atoms with Crippen LogP contribution in [0.2, 0.25) is 0 Å². The number of halogens is 1.